The normalized spacial score (nSPS) is 10.3. The Labute approximate surface area is 125 Å². The molecule has 0 spiro atoms. The molecule has 0 bridgehead atoms. The van der Waals surface area contributed by atoms with Gasteiger partial charge in [-0.05, 0) is 40.5 Å². The molecule has 19 heavy (non-hydrogen) atoms. The van der Waals surface area contributed by atoms with Gasteiger partial charge in [0.05, 0.1) is 0 Å². The van der Waals surface area contributed by atoms with E-state index in [1.807, 2.05) is 24.3 Å². The summed E-state index contributed by atoms with van der Waals surface area (Å²) in [6.07, 6.45) is 2.56. The predicted molar refractivity (Wildman–Crippen MR) is 83.2 cm³/mol. The second-order valence-corrected chi connectivity index (χ2v) is 5.18. The van der Waals surface area contributed by atoms with Crippen molar-refractivity contribution in [3.05, 3.63) is 40.1 Å². The van der Waals surface area contributed by atoms with Crippen molar-refractivity contribution >= 4 is 44.9 Å². The average molecular weight is 342 g/mol. The van der Waals surface area contributed by atoms with Crippen LogP contribution in [-0.4, -0.2) is 16.5 Å². The number of anilines is 3. The molecule has 4 nitrogen and oxygen atoms in total. The van der Waals surface area contributed by atoms with Crippen LogP contribution in [0.1, 0.15) is 13.3 Å². The van der Waals surface area contributed by atoms with E-state index in [9.17, 15) is 0 Å². The highest BCUT2D eigenvalue weighted by Gasteiger charge is 2.08. The highest BCUT2D eigenvalue weighted by Crippen LogP contribution is 2.29. The Hall–Kier alpha value is -1.33. The van der Waals surface area contributed by atoms with Crippen LogP contribution in [0.25, 0.3) is 0 Å². The maximum absolute atomic E-state index is 5.95. The smallest absolute Gasteiger partial charge is 0.150 e. The molecule has 0 amide bonds. The second kappa shape index (κ2) is 6.73. The third kappa shape index (κ3) is 3.81. The monoisotopic (exact) mass is 340 g/mol. The van der Waals surface area contributed by atoms with Crippen LogP contribution < -0.4 is 10.6 Å². The van der Waals surface area contributed by atoms with Crippen molar-refractivity contribution in [1.82, 2.24) is 9.97 Å². The average Bonchev–Trinajstić information content (AvgIpc) is 2.40. The molecule has 2 rings (SSSR count). The number of nitrogens with zero attached hydrogens (tertiary/aromatic N) is 2. The van der Waals surface area contributed by atoms with E-state index in [0.29, 0.717) is 10.8 Å². The summed E-state index contributed by atoms with van der Waals surface area (Å²) in [7, 11) is 0. The molecule has 2 aromatic rings. The Kier molecular flexibility index (Phi) is 4.99. The molecule has 1 heterocycles. The molecule has 1 aromatic heterocycles. The second-order valence-electron chi connectivity index (χ2n) is 3.95. The fourth-order valence-electron chi connectivity index (χ4n) is 1.53. The molecule has 0 saturated carbocycles. The van der Waals surface area contributed by atoms with Gasteiger partial charge in [0, 0.05) is 17.3 Å². The largest absolute Gasteiger partial charge is 0.369 e. The summed E-state index contributed by atoms with van der Waals surface area (Å²) >= 11 is 9.46. The van der Waals surface area contributed by atoms with Crippen LogP contribution in [0.5, 0.6) is 0 Å². The fraction of sp³-hybridized carbons (Fsp3) is 0.231. The molecule has 6 heteroatoms. The molecule has 0 saturated heterocycles. The SMILES string of the molecule is CCCNc1ncnc(Nc2cccc(Cl)c2)c1Br. The summed E-state index contributed by atoms with van der Waals surface area (Å²) in [5.74, 6) is 1.48. The first-order valence-electron chi connectivity index (χ1n) is 5.97. The lowest BCUT2D eigenvalue weighted by atomic mass is 10.3. The van der Waals surface area contributed by atoms with Crippen molar-refractivity contribution in [1.29, 1.82) is 0 Å². The van der Waals surface area contributed by atoms with Gasteiger partial charge in [-0.25, -0.2) is 9.97 Å². The summed E-state index contributed by atoms with van der Waals surface area (Å²) < 4.78 is 0.809. The van der Waals surface area contributed by atoms with Gasteiger partial charge in [0.25, 0.3) is 0 Å². The minimum absolute atomic E-state index is 0.680. The van der Waals surface area contributed by atoms with Gasteiger partial charge in [-0.15, -0.1) is 0 Å². The van der Waals surface area contributed by atoms with Crippen LogP contribution in [0, 0.1) is 0 Å². The number of rotatable bonds is 5. The van der Waals surface area contributed by atoms with Gasteiger partial charge in [0.1, 0.15) is 22.4 Å². The van der Waals surface area contributed by atoms with E-state index < -0.39 is 0 Å². The fourth-order valence-corrected chi connectivity index (χ4v) is 2.16. The zero-order valence-corrected chi connectivity index (χ0v) is 12.8. The maximum atomic E-state index is 5.95. The molecular formula is C13H14BrClN4. The van der Waals surface area contributed by atoms with Crippen molar-refractivity contribution in [3.8, 4) is 0 Å². The van der Waals surface area contributed by atoms with Crippen LogP contribution in [-0.2, 0) is 0 Å². The van der Waals surface area contributed by atoms with E-state index in [1.165, 1.54) is 6.33 Å². The van der Waals surface area contributed by atoms with E-state index in [2.05, 4.69) is 43.5 Å². The van der Waals surface area contributed by atoms with E-state index >= 15 is 0 Å². The maximum Gasteiger partial charge on any atom is 0.150 e. The first-order valence-corrected chi connectivity index (χ1v) is 7.14. The molecule has 0 aliphatic rings. The molecule has 0 radical (unpaired) electrons. The molecule has 1 aromatic carbocycles. The van der Waals surface area contributed by atoms with Crippen LogP contribution in [0.3, 0.4) is 0 Å². The Balaban J connectivity index is 2.20. The van der Waals surface area contributed by atoms with Crippen molar-refractivity contribution in [2.24, 2.45) is 0 Å². The molecule has 0 fully saturated rings. The molecule has 0 unspecified atom stereocenters. The third-order valence-electron chi connectivity index (χ3n) is 2.42. The van der Waals surface area contributed by atoms with Crippen molar-refractivity contribution in [2.75, 3.05) is 17.2 Å². The van der Waals surface area contributed by atoms with Crippen molar-refractivity contribution in [3.63, 3.8) is 0 Å². The standard InChI is InChI=1S/C13H14BrClN4/c1-2-6-16-12-11(14)13(18-8-17-12)19-10-5-3-4-9(15)7-10/h3-5,7-8H,2,6H2,1H3,(H2,16,17,18,19). The van der Waals surface area contributed by atoms with Gasteiger partial charge < -0.3 is 10.6 Å². The van der Waals surface area contributed by atoms with E-state index in [4.69, 9.17) is 11.6 Å². The van der Waals surface area contributed by atoms with Crippen molar-refractivity contribution in [2.45, 2.75) is 13.3 Å². The summed E-state index contributed by atoms with van der Waals surface area (Å²) in [6, 6.07) is 7.49. The quantitative estimate of drug-likeness (QED) is 0.843. The Morgan fingerprint density at radius 2 is 2.05 bits per heavy atom. The molecule has 100 valence electrons. The molecule has 0 aliphatic heterocycles. The summed E-state index contributed by atoms with van der Waals surface area (Å²) in [5, 5.41) is 7.12. The number of aromatic nitrogens is 2. The Bertz CT molecular complexity index is 562. The van der Waals surface area contributed by atoms with Crippen LogP contribution in [0.15, 0.2) is 35.1 Å². The summed E-state index contributed by atoms with van der Waals surface area (Å²) in [6.45, 7) is 2.97. The number of nitrogens with one attached hydrogen (secondary N) is 2. The van der Waals surface area contributed by atoms with Crippen molar-refractivity contribution < 1.29 is 0 Å². The van der Waals surface area contributed by atoms with E-state index in [1.54, 1.807) is 0 Å². The number of benzene rings is 1. The van der Waals surface area contributed by atoms with E-state index in [-0.39, 0.29) is 0 Å². The first kappa shape index (κ1) is 14.1. The van der Waals surface area contributed by atoms with Crippen LogP contribution >= 0.6 is 27.5 Å². The summed E-state index contributed by atoms with van der Waals surface area (Å²) in [4.78, 5) is 8.42. The first-order chi connectivity index (χ1) is 9.20. The van der Waals surface area contributed by atoms with Gasteiger partial charge in [-0.2, -0.15) is 0 Å². The highest BCUT2D eigenvalue weighted by molar-refractivity contribution is 9.10. The highest BCUT2D eigenvalue weighted by atomic mass is 79.9. The van der Waals surface area contributed by atoms with E-state index in [0.717, 1.165) is 28.9 Å². The van der Waals surface area contributed by atoms with Gasteiger partial charge in [0.15, 0.2) is 0 Å². The lowest BCUT2D eigenvalue weighted by molar-refractivity contribution is 0.962. The lowest BCUT2D eigenvalue weighted by Gasteiger charge is -2.11. The van der Waals surface area contributed by atoms with Gasteiger partial charge in [0.2, 0.25) is 0 Å². The molecule has 0 atom stereocenters. The predicted octanol–water partition coefficient (Wildman–Crippen LogP) is 4.46. The van der Waals surface area contributed by atoms with Crippen LogP contribution in [0.2, 0.25) is 5.02 Å². The molecule has 0 aliphatic carbocycles. The lowest BCUT2D eigenvalue weighted by Crippen LogP contribution is -2.05. The Morgan fingerprint density at radius 1 is 1.26 bits per heavy atom. The zero-order valence-electron chi connectivity index (χ0n) is 10.5. The summed E-state index contributed by atoms with van der Waals surface area (Å²) in [5.41, 5.74) is 0.883. The minimum Gasteiger partial charge on any atom is -0.369 e. The third-order valence-corrected chi connectivity index (χ3v) is 3.41. The zero-order chi connectivity index (χ0) is 13.7. The molecular weight excluding hydrogens is 328 g/mol. The van der Waals surface area contributed by atoms with Crippen LogP contribution in [0.4, 0.5) is 17.3 Å². The Morgan fingerprint density at radius 3 is 2.79 bits per heavy atom. The minimum atomic E-state index is 0.680. The van der Waals surface area contributed by atoms with Gasteiger partial charge in [-0.1, -0.05) is 24.6 Å². The van der Waals surface area contributed by atoms with Gasteiger partial charge >= 0.3 is 0 Å². The van der Waals surface area contributed by atoms with Gasteiger partial charge in [-0.3, -0.25) is 0 Å². The molecule has 2 N–H and O–H groups in total. The number of hydrogen-bond donors (Lipinski definition) is 2. The topological polar surface area (TPSA) is 49.8 Å². The number of hydrogen-bond acceptors (Lipinski definition) is 4. The number of halogens is 2.